The summed E-state index contributed by atoms with van der Waals surface area (Å²) >= 11 is 0. The van der Waals surface area contributed by atoms with Crippen molar-refractivity contribution in [2.45, 2.75) is 86.9 Å². The first-order chi connectivity index (χ1) is 15.2. The van der Waals surface area contributed by atoms with E-state index in [0.717, 1.165) is 0 Å². The van der Waals surface area contributed by atoms with Crippen LogP contribution in [0.4, 0.5) is 0 Å². The molecule has 2 aliphatic heterocycles. The van der Waals surface area contributed by atoms with E-state index in [9.17, 15) is 40.9 Å². The summed E-state index contributed by atoms with van der Waals surface area (Å²) in [4.78, 5) is 0. The van der Waals surface area contributed by atoms with Crippen LogP contribution in [0.15, 0.2) is 12.2 Å². The van der Waals surface area contributed by atoms with Crippen molar-refractivity contribution < 1.29 is 59.8 Å². The van der Waals surface area contributed by atoms with Crippen LogP contribution < -0.4 is 5.73 Å². The molecule has 0 saturated carbocycles. The molecule has 0 amide bonds. The lowest BCUT2D eigenvalue weighted by molar-refractivity contribution is -0.359. The second-order valence-corrected chi connectivity index (χ2v) is 7.83. The average molecular weight is 469 g/mol. The van der Waals surface area contributed by atoms with E-state index in [1.165, 1.54) is 6.08 Å². The standard InChI is InChI=1S/C19H35NO12/c1-2-3-4-9(23)8(20)7-29-18-16(28)14(26)17(11(6-22)31-18)32-19-15(27)13(25)12(24)10(5-21)30-19/h3-4,8-19,21-28H,2,5-7,20H2,1H3/b4-3+. The zero-order chi connectivity index (χ0) is 24.0. The maximum Gasteiger partial charge on any atom is 0.187 e. The maximum absolute atomic E-state index is 10.5. The number of ether oxygens (including phenoxy) is 4. The van der Waals surface area contributed by atoms with Gasteiger partial charge in [0, 0.05) is 0 Å². The smallest absolute Gasteiger partial charge is 0.187 e. The van der Waals surface area contributed by atoms with Gasteiger partial charge in [-0.25, -0.2) is 0 Å². The predicted molar refractivity (Wildman–Crippen MR) is 106 cm³/mol. The number of allylic oxidation sites excluding steroid dienone is 1. The van der Waals surface area contributed by atoms with Gasteiger partial charge in [0.2, 0.25) is 0 Å². The average Bonchev–Trinajstić information content (AvgIpc) is 2.79. The Hall–Kier alpha value is -0.780. The van der Waals surface area contributed by atoms with Crippen LogP contribution in [0, 0.1) is 0 Å². The monoisotopic (exact) mass is 469 g/mol. The van der Waals surface area contributed by atoms with Crippen LogP contribution in [0.1, 0.15) is 13.3 Å². The molecular formula is C19H35NO12. The summed E-state index contributed by atoms with van der Waals surface area (Å²) in [6.45, 7) is 0.284. The van der Waals surface area contributed by atoms with Gasteiger partial charge in [0.25, 0.3) is 0 Å². The summed E-state index contributed by atoms with van der Waals surface area (Å²) in [5.41, 5.74) is 5.83. The largest absolute Gasteiger partial charge is 0.394 e. The van der Waals surface area contributed by atoms with Gasteiger partial charge in [-0.05, 0) is 6.42 Å². The minimum absolute atomic E-state index is 0.236. The Morgan fingerprint density at radius 1 is 0.875 bits per heavy atom. The third kappa shape index (κ3) is 6.42. The molecule has 0 aromatic carbocycles. The number of hydrogen-bond acceptors (Lipinski definition) is 13. The highest BCUT2D eigenvalue weighted by Crippen LogP contribution is 2.29. The van der Waals surface area contributed by atoms with Crippen LogP contribution in [0.2, 0.25) is 0 Å². The fraction of sp³-hybridized carbons (Fsp3) is 0.895. The predicted octanol–water partition coefficient (Wildman–Crippen LogP) is -4.72. The molecule has 0 spiro atoms. The van der Waals surface area contributed by atoms with Crippen LogP contribution in [-0.2, 0) is 18.9 Å². The fourth-order valence-corrected chi connectivity index (χ4v) is 3.42. The van der Waals surface area contributed by atoms with Crippen molar-refractivity contribution in [3.63, 3.8) is 0 Å². The molecule has 2 aliphatic rings. The summed E-state index contributed by atoms with van der Waals surface area (Å²) in [6, 6.07) is -0.846. The first-order valence-electron chi connectivity index (χ1n) is 10.5. The lowest BCUT2D eigenvalue weighted by Gasteiger charge is -2.46. The van der Waals surface area contributed by atoms with Crippen molar-refractivity contribution in [1.82, 2.24) is 0 Å². The molecule has 12 unspecified atom stereocenters. The highest BCUT2D eigenvalue weighted by molar-refractivity contribution is 4.95. The van der Waals surface area contributed by atoms with Gasteiger partial charge >= 0.3 is 0 Å². The van der Waals surface area contributed by atoms with Crippen molar-refractivity contribution in [2.24, 2.45) is 5.73 Å². The molecule has 0 radical (unpaired) electrons. The van der Waals surface area contributed by atoms with E-state index in [2.05, 4.69) is 0 Å². The van der Waals surface area contributed by atoms with Crippen LogP contribution in [-0.4, -0.2) is 134 Å². The van der Waals surface area contributed by atoms with Gasteiger partial charge in [0.1, 0.15) is 48.8 Å². The second-order valence-electron chi connectivity index (χ2n) is 7.83. The number of nitrogens with two attached hydrogens (primary N) is 1. The van der Waals surface area contributed by atoms with Crippen LogP contribution in [0.25, 0.3) is 0 Å². The first kappa shape index (κ1) is 27.5. The zero-order valence-corrected chi connectivity index (χ0v) is 17.7. The number of aliphatic hydroxyl groups excluding tert-OH is 8. The quantitative estimate of drug-likeness (QED) is 0.137. The first-order valence-corrected chi connectivity index (χ1v) is 10.5. The van der Waals surface area contributed by atoms with Gasteiger partial charge in [-0.15, -0.1) is 0 Å². The minimum Gasteiger partial charge on any atom is -0.394 e. The molecule has 12 atom stereocenters. The Balaban J connectivity index is 2.01. The van der Waals surface area contributed by atoms with E-state index < -0.39 is 86.8 Å². The summed E-state index contributed by atoms with van der Waals surface area (Å²) in [5, 5.41) is 79.6. The molecule has 0 aromatic heterocycles. The SMILES string of the molecule is CC/C=C/C(O)C(N)COC1OC(CO)C(OC2OC(CO)C(O)C(O)C2O)C(O)C1O. The number of aliphatic hydroxyl groups is 8. The Bertz CT molecular complexity index is 579. The molecule has 0 bridgehead atoms. The van der Waals surface area contributed by atoms with E-state index in [0.29, 0.717) is 6.42 Å². The third-order valence-electron chi connectivity index (χ3n) is 5.42. The van der Waals surface area contributed by atoms with E-state index in [4.69, 9.17) is 24.7 Å². The van der Waals surface area contributed by atoms with Gasteiger partial charge in [-0.2, -0.15) is 0 Å². The topological polar surface area (TPSA) is 225 Å². The summed E-state index contributed by atoms with van der Waals surface area (Å²) in [7, 11) is 0. The highest BCUT2D eigenvalue weighted by atomic mass is 16.7. The van der Waals surface area contributed by atoms with Crippen molar-refractivity contribution >= 4 is 0 Å². The highest BCUT2D eigenvalue weighted by Gasteiger charge is 2.50. The molecule has 10 N–H and O–H groups in total. The zero-order valence-electron chi connectivity index (χ0n) is 17.7. The minimum atomic E-state index is -1.75. The second kappa shape index (κ2) is 12.6. The lowest BCUT2D eigenvalue weighted by Crippen LogP contribution is -2.64. The molecule has 0 aromatic rings. The number of hydrogen-bond donors (Lipinski definition) is 9. The summed E-state index contributed by atoms with van der Waals surface area (Å²) in [5.74, 6) is 0. The van der Waals surface area contributed by atoms with Crippen LogP contribution >= 0.6 is 0 Å². The summed E-state index contributed by atoms with van der Waals surface area (Å²) in [6.07, 6.45) is -12.4. The van der Waals surface area contributed by atoms with Crippen molar-refractivity contribution in [3.8, 4) is 0 Å². The van der Waals surface area contributed by atoms with Gasteiger partial charge < -0.3 is 65.5 Å². The Morgan fingerprint density at radius 3 is 2.06 bits per heavy atom. The van der Waals surface area contributed by atoms with E-state index >= 15 is 0 Å². The van der Waals surface area contributed by atoms with Crippen LogP contribution in [0.3, 0.4) is 0 Å². The molecule has 2 fully saturated rings. The lowest BCUT2D eigenvalue weighted by atomic mass is 9.97. The van der Waals surface area contributed by atoms with Crippen molar-refractivity contribution in [3.05, 3.63) is 12.2 Å². The number of rotatable bonds is 10. The van der Waals surface area contributed by atoms with Crippen molar-refractivity contribution in [2.75, 3.05) is 19.8 Å². The van der Waals surface area contributed by atoms with E-state index in [-0.39, 0.29) is 6.61 Å². The molecule has 32 heavy (non-hydrogen) atoms. The van der Waals surface area contributed by atoms with Crippen LogP contribution in [0.5, 0.6) is 0 Å². The van der Waals surface area contributed by atoms with E-state index in [1.54, 1.807) is 6.08 Å². The molecular weight excluding hydrogens is 434 g/mol. The van der Waals surface area contributed by atoms with Gasteiger partial charge in [-0.1, -0.05) is 19.1 Å². The van der Waals surface area contributed by atoms with Gasteiger partial charge in [0.05, 0.1) is 32.0 Å². The van der Waals surface area contributed by atoms with E-state index in [1.807, 2.05) is 6.92 Å². The summed E-state index contributed by atoms with van der Waals surface area (Å²) < 4.78 is 21.5. The van der Waals surface area contributed by atoms with Crippen molar-refractivity contribution in [1.29, 1.82) is 0 Å². The Morgan fingerprint density at radius 2 is 1.47 bits per heavy atom. The van der Waals surface area contributed by atoms with Gasteiger partial charge in [0.15, 0.2) is 12.6 Å². The normalized spacial score (nSPS) is 42.8. The molecule has 13 heteroatoms. The molecule has 0 aliphatic carbocycles. The fourth-order valence-electron chi connectivity index (χ4n) is 3.42. The third-order valence-corrected chi connectivity index (χ3v) is 5.42. The molecule has 2 saturated heterocycles. The molecule has 2 heterocycles. The Labute approximate surface area is 185 Å². The molecule has 2 rings (SSSR count). The molecule has 188 valence electrons. The Kier molecular flexibility index (Phi) is 10.8. The molecule has 13 nitrogen and oxygen atoms in total. The van der Waals surface area contributed by atoms with Gasteiger partial charge in [-0.3, -0.25) is 0 Å². The maximum atomic E-state index is 10.5.